The molecule has 1 aromatic carbocycles. The number of benzene rings is 1. The number of likely N-dealkylation sites (tertiary alicyclic amines) is 1. The van der Waals surface area contributed by atoms with Crippen LogP contribution in [-0.2, 0) is 11.3 Å². The number of ether oxygens (including phenoxy) is 2. The molecule has 1 spiro atoms. The third-order valence-corrected chi connectivity index (χ3v) is 6.15. The maximum Gasteiger partial charge on any atom is 0.125 e. The van der Waals surface area contributed by atoms with E-state index < -0.39 is 0 Å². The number of aryl methyl sites for hydroxylation is 1. The molecule has 2 saturated heterocycles. The second kappa shape index (κ2) is 6.87. The lowest BCUT2D eigenvalue weighted by Gasteiger charge is -2.38. The van der Waals surface area contributed by atoms with Crippen LogP contribution < -0.4 is 4.74 Å². The molecule has 2 aliphatic heterocycles. The molecule has 2 fully saturated rings. The second-order valence-corrected chi connectivity index (χ2v) is 8.41. The van der Waals surface area contributed by atoms with Crippen LogP contribution in [0.2, 0.25) is 0 Å². The van der Waals surface area contributed by atoms with Crippen molar-refractivity contribution in [3.05, 3.63) is 52.2 Å². The highest BCUT2D eigenvalue weighted by Crippen LogP contribution is 2.37. The molecular formula is C20H25NO2S. The molecule has 0 aliphatic carbocycles. The number of thiophene rings is 1. The van der Waals surface area contributed by atoms with Crippen LogP contribution in [0.5, 0.6) is 5.75 Å². The van der Waals surface area contributed by atoms with E-state index in [4.69, 9.17) is 9.47 Å². The Kier molecular flexibility index (Phi) is 4.61. The third kappa shape index (κ3) is 3.66. The fraction of sp³-hybridized carbons (Fsp3) is 0.500. The van der Waals surface area contributed by atoms with Gasteiger partial charge in [-0.05, 0) is 44.0 Å². The number of nitrogens with zero attached hydrogens (tertiary/aromatic N) is 1. The van der Waals surface area contributed by atoms with Crippen molar-refractivity contribution < 1.29 is 9.47 Å². The van der Waals surface area contributed by atoms with Crippen molar-refractivity contribution in [3.8, 4) is 5.75 Å². The predicted octanol–water partition coefficient (Wildman–Crippen LogP) is 4.26. The highest BCUT2D eigenvalue weighted by atomic mass is 32.1. The molecule has 4 heteroatoms. The lowest BCUT2D eigenvalue weighted by atomic mass is 9.88. The van der Waals surface area contributed by atoms with Crippen molar-refractivity contribution in [1.29, 1.82) is 0 Å². The highest BCUT2D eigenvalue weighted by Gasteiger charge is 2.43. The van der Waals surface area contributed by atoms with E-state index >= 15 is 0 Å². The number of hydrogen-bond donors (Lipinski definition) is 0. The van der Waals surface area contributed by atoms with Gasteiger partial charge in [0, 0.05) is 35.8 Å². The van der Waals surface area contributed by atoms with Gasteiger partial charge in [0.05, 0.1) is 12.2 Å². The Labute approximate surface area is 148 Å². The van der Waals surface area contributed by atoms with Gasteiger partial charge in [0.2, 0.25) is 0 Å². The molecule has 1 unspecified atom stereocenters. The lowest BCUT2D eigenvalue weighted by molar-refractivity contribution is -0.0453. The Bertz CT molecular complexity index is 661. The summed E-state index contributed by atoms with van der Waals surface area (Å²) in [6.07, 6.45) is 3.45. The average Bonchev–Trinajstić information content (AvgIpc) is 3.18. The number of hydrogen-bond acceptors (Lipinski definition) is 4. The van der Waals surface area contributed by atoms with Gasteiger partial charge in [-0.15, -0.1) is 11.3 Å². The van der Waals surface area contributed by atoms with Crippen LogP contribution in [0.1, 0.15) is 29.0 Å². The Morgan fingerprint density at radius 3 is 2.67 bits per heavy atom. The summed E-state index contributed by atoms with van der Waals surface area (Å²) in [5.41, 5.74) is 0.0430. The molecular weight excluding hydrogens is 318 g/mol. The van der Waals surface area contributed by atoms with Crippen LogP contribution in [0.25, 0.3) is 0 Å². The Morgan fingerprint density at radius 1 is 1.17 bits per heavy atom. The van der Waals surface area contributed by atoms with Crippen LogP contribution in [0, 0.1) is 6.92 Å². The normalized spacial score (nSPS) is 23.6. The van der Waals surface area contributed by atoms with E-state index in [0.717, 1.165) is 51.3 Å². The third-order valence-electron chi connectivity index (χ3n) is 5.16. The van der Waals surface area contributed by atoms with E-state index in [1.54, 1.807) is 0 Å². The minimum absolute atomic E-state index is 0.0430. The Morgan fingerprint density at radius 2 is 1.96 bits per heavy atom. The standard InChI is InChI=1S/C20H25NO2S/c1-16-7-8-19(24-16)14-21-11-9-20(10-12-21)13-18(15-22-20)23-17-5-3-2-4-6-17/h2-8,18H,9-15H2,1H3. The number of rotatable bonds is 4. The van der Waals surface area contributed by atoms with Crippen molar-refractivity contribution in [2.24, 2.45) is 0 Å². The fourth-order valence-corrected chi connectivity index (χ4v) is 4.76. The van der Waals surface area contributed by atoms with E-state index in [9.17, 15) is 0 Å². The zero-order valence-electron chi connectivity index (χ0n) is 14.2. The lowest BCUT2D eigenvalue weighted by Crippen LogP contribution is -2.43. The molecule has 24 heavy (non-hydrogen) atoms. The molecule has 0 N–H and O–H groups in total. The zero-order chi connectivity index (χ0) is 16.4. The molecule has 3 heterocycles. The SMILES string of the molecule is Cc1ccc(CN2CCC3(CC2)CC(Oc2ccccc2)CO3)s1. The summed E-state index contributed by atoms with van der Waals surface area (Å²) in [5.74, 6) is 0.952. The van der Waals surface area contributed by atoms with E-state index in [-0.39, 0.29) is 11.7 Å². The first kappa shape index (κ1) is 16.1. The van der Waals surface area contributed by atoms with E-state index in [1.165, 1.54) is 9.75 Å². The van der Waals surface area contributed by atoms with Crippen LogP contribution in [0.15, 0.2) is 42.5 Å². The topological polar surface area (TPSA) is 21.7 Å². The van der Waals surface area contributed by atoms with Gasteiger partial charge in [-0.25, -0.2) is 0 Å². The summed E-state index contributed by atoms with van der Waals surface area (Å²) in [4.78, 5) is 5.44. The van der Waals surface area contributed by atoms with E-state index in [1.807, 2.05) is 41.7 Å². The summed E-state index contributed by atoms with van der Waals surface area (Å²) in [5, 5.41) is 0. The molecule has 2 aliphatic rings. The van der Waals surface area contributed by atoms with Crippen LogP contribution in [0.3, 0.4) is 0 Å². The van der Waals surface area contributed by atoms with Crippen molar-refractivity contribution >= 4 is 11.3 Å². The molecule has 0 radical (unpaired) electrons. The molecule has 0 bridgehead atoms. The summed E-state index contributed by atoms with van der Waals surface area (Å²) in [6.45, 7) is 6.22. The molecule has 4 rings (SSSR count). The highest BCUT2D eigenvalue weighted by molar-refractivity contribution is 7.11. The van der Waals surface area contributed by atoms with Gasteiger partial charge in [0.25, 0.3) is 0 Å². The Balaban J connectivity index is 1.29. The molecule has 3 nitrogen and oxygen atoms in total. The monoisotopic (exact) mass is 343 g/mol. The molecule has 1 atom stereocenters. The molecule has 1 aromatic heterocycles. The molecule has 128 valence electrons. The molecule has 0 saturated carbocycles. The van der Waals surface area contributed by atoms with Gasteiger partial charge in [-0.2, -0.15) is 0 Å². The molecule has 0 amide bonds. The predicted molar refractivity (Wildman–Crippen MR) is 97.7 cm³/mol. The second-order valence-electron chi connectivity index (χ2n) is 7.04. The minimum Gasteiger partial charge on any atom is -0.488 e. The van der Waals surface area contributed by atoms with Crippen molar-refractivity contribution in [3.63, 3.8) is 0 Å². The van der Waals surface area contributed by atoms with Crippen molar-refractivity contribution in [2.45, 2.75) is 44.4 Å². The number of para-hydroxylation sites is 1. The Hall–Kier alpha value is -1.36. The number of piperidine rings is 1. The van der Waals surface area contributed by atoms with Crippen LogP contribution in [-0.4, -0.2) is 36.3 Å². The average molecular weight is 343 g/mol. The first-order valence-corrected chi connectivity index (χ1v) is 9.66. The van der Waals surface area contributed by atoms with Crippen molar-refractivity contribution in [1.82, 2.24) is 4.90 Å². The zero-order valence-corrected chi connectivity index (χ0v) is 15.1. The smallest absolute Gasteiger partial charge is 0.125 e. The summed E-state index contributed by atoms with van der Waals surface area (Å²) in [6, 6.07) is 14.6. The first-order valence-electron chi connectivity index (χ1n) is 8.84. The molecule has 2 aromatic rings. The maximum absolute atomic E-state index is 6.22. The summed E-state index contributed by atoms with van der Waals surface area (Å²) in [7, 11) is 0. The van der Waals surface area contributed by atoms with Crippen LogP contribution in [0.4, 0.5) is 0 Å². The van der Waals surface area contributed by atoms with Gasteiger partial charge in [-0.1, -0.05) is 18.2 Å². The van der Waals surface area contributed by atoms with Gasteiger partial charge in [-0.3, -0.25) is 4.90 Å². The largest absolute Gasteiger partial charge is 0.488 e. The van der Waals surface area contributed by atoms with Crippen molar-refractivity contribution in [2.75, 3.05) is 19.7 Å². The fourth-order valence-electron chi connectivity index (χ4n) is 3.83. The maximum atomic E-state index is 6.22. The first-order chi connectivity index (χ1) is 11.7. The van der Waals surface area contributed by atoms with Gasteiger partial charge in [0.15, 0.2) is 0 Å². The quantitative estimate of drug-likeness (QED) is 0.828. The summed E-state index contributed by atoms with van der Waals surface area (Å²) < 4.78 is 12.3. The van der Waals surface area contributed by atoms with Gasteiger partial charge < -0.3 is 9.47 Å². The van der Waals surface area contributed by atoms with E-state index in [2.05, 4.69) is 24.0 Å². The van der Waals surface area contributed by atoms with Crippen LogP contribution >= 0.6 is 11.3 Å². The van der Waals surface area contributed by atoms with Gasteiger partial charge in [0.1, 0.15) is 11.9 Å². The van der Waals surface area contributed by atoms with E-state index in [0.29, 0.717) is 0 Å². The minimum atomic E-state index is 0.0430. The summed E-state index contributed by atoms with van der Waals surface area (Å²) >= 11 is 1.91. The van der Waals surface area contributed by atoms with Gasteiger partial charge >= 0.3 is 0 Å².